The molecular formula is C14H15N. The van der Waals surface area contributed by atoms with Crippen LogP contribution in [0.2, 0.25) is 0 Å². The van der Waals surface area contributed by atoms with Gasteiger partial charge in [0.15, 0.2) is 0 Å². The molecule has 0 radical (unpaired) electrons. The van der Waals surface area contributed by atoms with E-state index in [0.29, 0.717) is 0 Å². The van der Waals surface area contributed by atoms with Crippen LogP contribution in [-0.2, 0) is 0 Å². The van der Waals surface area contributed by atoms with Gasteiger partial charge >= 0.3 is 0 Å². The fraction of sp³-hybridized carbons (Fsp3) is 0.143. The summed E-state index contributed by atoms with van der Waals surface area (Å²) < 4.78 is 0. The van der Waals surface area contributed by atoms with Crippen LogP contribution in [0.5, 0.6) is 0 Å². The number of anilines is 1. The van der Waals surface area contributed by atoms with Crippen molar-refractivity contribution in [1.29, 1.82) is 0 Å². The van der Waals surface area contributed by atoms with Crippen molar-refractivity contribution in [3.63, 3.8) is 0 Å². The van der Waals surface area contributed by atoms with Crippen molar-refractivity contribution in [2.75, 3.05) is 5.73 Å². The molecule has 0 saturated heterocycles. The van der Waals surface area contributed by atoms with Gasteiger partial charge in [-0.25, -0.2) is 0 Å². The Kier molecular flexibility index (Phi) is 2.46. The van der Waals surface area contributed by atoms with E-state index in [4.69, 9.17) is 5.73 Å². The molecule has 15 heavy (non-hydrogen) atoms. The molecule has 2 rings (SSSR count). The summed E-state index contributed by atoms with van der Waals surface area (Å²) in [5.74, 6) is 0. The molecule has 2 N–H and O–H groups in total. The maximum absolute atomic E-state index is 6.00. The molecule has 0 aliphatic carbocycles. The van der Waals surface area contributed by atoms with E-state index in [1.54, 1.807) is 0 Å². The minimum atomic E-state index is 0.848. The lowest BCUT2D eigenvalue weighted by Gasteiger charge is -2.07. The Morgan fingerprint density at radius 2 is 1.60 bits per heavy atom. The molecule has 0 fully saturated rings. The van der Waals surface area contributed by atoms with E-state index >= 15 is 0 Å². The molecule has 76 valence electrons. The largest absolute Gasteiger partial charge is 0.398 e. The molecule has 0 aliphatic rings. The summed E-state index contributed by atoms with van der Waals surface area (Å²) in [7, 11) is 0. The van der Waals surface area contributed by atoms with Gasteiger partial charge in [0, 0.05) is 11.3 Å². The molecule has 0 bridgehead atoms. The summed E-state index contributed by atoms with van der Waals surface area (Å²) in [5, 5.41) is 0. The molecule has 1 nitrogen and oxygen atoms in total. The standard InChI is InChI=1S/C14H15N/c1-10-4-3-5-12(8-10)13-7-6-11(2)9-14(13)15/h3-9H,15H2,1-2H3. The van der Waals surface area contributed by atoms with Crippen molar-refractivity contribution in [2.24, 2.45) is 0 Å². The van der Waals surface area contributed by atoms with Gasteiger partial charge in [-0.3, -0.25) is 0 Å². The zero-order chi connectivity index (χ0) is 10.8. The van der Waals surface area contributed by atoms with Gasteiger partial charge in [0.2, 0.25) is 0 Å². The lowest BCUT2D eigenvalue weighted by Crippen LogP contribution is -1.90. The van der Waals surface area contributed by atoms with Crippen LogP contribution < -0.4 is 5.73 Å². The average Bonchev–Trinajstić information content (AvgIpc) is 2.17. The van der Waals surface area contributed by atoms with E-state index in [-0.39, 0.29) is 0 Å². The Labute approximate surface area is 90.6 Å². The summed E-state index contributed by atoms with van der Waals surface area (Å²) in [6, 6.07) is 14.6. The number of aryl methyl sites for hydroxylation is 2. The van der Waals surface area contributed by atoms with Crippen LogP contribution in [0.4, 0.5) is 5.69 Å². The second-order valence-electron chi connectivity index (χ2n) is 3.96. The summed E-state index contributed by atoms with van der Waals surface area (Å²) in [6.45, 7) is 4.14. The van der Waals surface area contributed by atoms with Gasteiger partial charge in [0.1, 0.15) is 0 Å². The van der Waals surface area contributed by atoms with Crippen LogP contribution in [0.3, 0.4) is 0 Å². The van der Waals surface area contributed by atoms with Gasteiger partial charge in [-0.05, 0) is 31.0 Å². The average molecular weight is 197 g/mol. The topological polar surface area (TPSA) is 26.0 Å². The van der Waals surface area contributed by atoms with E-state index in [1.807, 2.05) is 6.07 Å². The SMILES string of the molecule is Cc1cccc(-c2ccc(C)cc2N)c1. The summed E-state index contributed by atoms with van der Waals surface area (Å²) >= 11 is 0. The van der Waals surface area contributed by atoms with E-state index in [2.05, 4.69) is 50.2 Å². The second kappa shape index (κ2) is 3.77. The molecule has 0 unspecified atom stereocenters. The van der Waals surface area contributed by atoms with Crippen molar-refractivity contribution in [3.8, 4) is 11.1 Å². The van der Waals surface area contributed by atoms with Crippen molar-refractivity contribution in [2.45, 2.75) is 13.8 Å². The van der Waals surface area contributed by atoms with Gasteiger partial charge in [0.25, 0.3) is 0 Å². The molecule has 0 spiro atoms. The van der Waals surface area contributed by atoms with Crippen molar-refractivity contribution in [1.82, 2.24) is 0 Å². The summed E-state index contributed by atoms with van der Waals surface area (Å²) in [5.41, 5.74) is 11.6. The smallest absolute Gasteiger partial charge is 0.0396 e. The Bertz CT molecular complexity index is 486. The molecule has 0 saturated carbocycles. The Morgan fingerprint density at radius 3 is 2.27 bits per heavy atom. The highest BCUT2D eigenvalue weighted by Crippen LogP contribution is 2.26. The minimum absolute atomic E-state index is 0.848. The van der Waals surface area contributed by atoms with E-state index in [0.717, 1.165) is 11.3 Å². The van der Waals surface area contributed by atoms with Gasteiger partial charge in [0.05, 0.1) is 0 Å². The van der Waals surface area contributed by atoms with Gasteiger partial charge < -0.3 is 5.73 Å². The number of benzene rings is 2. The van der Waals surface area contributed by atoms with Crippen molar-refractivity contribution < 1.29 is 0 Å². The van der Waals surface area contributed by atoms with Crippen LogP contribution >= 0.6 is 0 Å². The number of nitrogen functional groups attached to an aromatic ring is 1. The highest BCUT2D eigenvalue weighted by atomic mass is 14.6. The number of hydrogen-bond donors (Lipinski definition) is 1. The number of nitrogens with two attached hydrogens (primary N) is 1. The number of hydrogen-bond acceptors (Lipinski definition) is 1. The van der Waals surface area contributed by atoms with E-state index < -0.39 is 0 Å². The predicted octanol–water partition coefficient (Wildman–Crippen LogP) is 3.55. The third-order valence-electron chi connectivity index (χ3n) is 2.54. The number of rotatable bonds is 1. The van der Waals surface area contributed by atoms with Crippen molar-refractivity contribution >= 4 is 5.69 Å². The first-order valence-corrected chi connectivity index (χ1v) is 5.10. The first kappa shape index (κ1) is 9.78. The van der Waals surface area contributed by atoms with Crippen LogP contribution in [0.25, 0.3) is 11.1 Å². The summed E-state index contributed by atoms with van der Waals surface area (Å²) in [4.78, 5) is 0. The quantitative estimate of drug-likeness (QED) is 0.695. The fourth-order valence-corrected chi connectivity index (χ4v) is 1.76. The maximum atomic E-state index is 6.00. The molecule has 2 aromatic carbocycles. The minimum Gasteiger partial charge on any atom is -0.398 e. The Balaban J connectivity index is 2.54. The van der Waals surface area contributed by atoms with Crippen LogP contribution in [0.1, 0.15) is 11.1 Å². The third kappa shape index (κ3) is 2.01. The molecule has 0 amide bonds. The van der Waals surface area contributed by atoms with Gasteiger partial charge in [-0.2, -0.15) is 0 Å². The first-order chi connectivity index (χ1) is 7.16. The lowest BCUT2D eigenvalue weighted by atomic mass is 10.0. The second-order valence-corrected chi connectivity index (χ2v) is 3.96. The zero-order valence-electron chi connectivity index (χ0n) is 9.12. The van der Waals surface area contributed by atoms with E-state index in [1.165, 1.54) is 16.7 Å². The molecule has 0 aliphatic heterocycles. The highest BCUT2D eigenvalue weighted by molar-refractivity contribution is 5.77. The normalized spacial score (nSPS) is 10.3. The molecule has 0 heterocycles. The van der Waals surface area contributed by atoms with Crippen molar-refractivity contribution in [3.05, 3.63) is 53.6 Å². The van der Waals surface area contributed by atoms with Gasteiger partial charge in [-0.1, -0.05) is 42.0 Å². The molecule has 0 atom stereocenters. The Morgan fingerprint density at radius 1 is 0.867 bits per heavy atom. The molecule has 0 aromatic heterocycles. The van der Waals surface area contributed by atoms with Gasteiger partial charge in [-0.15, -0.1) is 0 Å². The van der Waals surface area contributed by atoms with Crippen LogP contribution in [0, 0.1) is 13.8 Å². The molecular weight excluding hydrogens is 182 g/mol. The lowest BCUT2D eigenvalue weighted by molar-refractivity contribution is 1.44. The Hall–Kier alpha value is -1.76. The highest BCUT2D eigenvalue weighted by Gasteiger charge is 2.02. The zero-order valence-corrected chi connectivity index (χ0v) is 9.12. The van der Waals surface area contributed by atoms with E-state index in [9.17, 15) is 0 Å². The van der Waals surface area contributed by atoms with Crippen LogP contribution in [0.15, 0.2) is 42.5 Å². The maximum Gasteiger partial charge on any atom is 0.0396 e. The van der Waals surface area contributed by atoms with Crippen LogP contribution in [-0.4, -0.2) is 0 Å². The fourth-order valence-electron chi connectivity index (χ4n) is 1.76. The first-order valence-electron chi connectivity index (χ1n) is 5.10. The predicted molar refractivity (Wildman–Crippen MR) is 65.8 cm³/mol. The monoisotopic (exact) mass is 197 g/mol. The third-order valence-corrected chi connectivity index (χ3v) is 2.54. The summed E-state index contributed by atoms with van der Waals surface area (Å²) in [6.07, 6.45) is 0. The molecule has 2 aromatic rings. The molecule has 1 heteroatoms.